The molecule has 0 bridgehead atoms. The average Bonchev–Trinajstić information content (AvgIpc) is 2.87. The lowest BCUT2D eigenvalue weighted by molar-refractivity contribution is -0.138. The standard InChI is InChI=1S/C22H42O2.C10H18O4/c1-2-3-4-5-6-7-8-9-10-11-12-13-14-15-16-17-18-19-20-21-22(23)24;11-9(12)7-5-3-1-2-4-6-8-10(13)14/h9-10H,2-8,11-21H2,1H3,(H,23,24);1-8H2,(H,11,12)(H,13,14)/b10-9-;. The van der Waals surface area contributed by atoms with Crippen molar-refractivity contribution in [3.63, 3.8) is 0 Å². The van der Waals surface area contributed by atoms with Crippen molar-refractivity contribution >= 4 is 17.9 Å². The summed E-state index contributed by atoms with van der Waals surface area (Å²) >= 11 is 0. The number of carboxylic acid groups (broad SMARTS) is 3. The molecule has 0 fully saturated rings. The lowest BCUT2D eigenvalue weighted by atomic mass is 10.1. The van der Waals surface area contributed by atoms with Gasteiger partial charge in [-0.05, 0) is 44.9 Å². The van der Waals surface area contributed by atoms with Crippen LogP contribution in [0.4, 0.5) is 0 Å². The molecule has 0 saturated heterocycles. The second kappa shape index (κ2) is 33.2. The molecule has 0 radical (unpaired) electrons. The highest BCUT2D eigenvalue weighted by Crippen LogP contribution is 2.12. The Balaban J connectivity index is 0. The highest BCUT2D eigenvalue weighted by atomic mass is 16.4. The quantitative estimate of drug-likeness (QED) is 0.0672. The minimum atomic E-state index is -0.740. The smallest absolute Gasteiger partial charge is 0.303 e. The first kappa shape index (κ1) is 38.3. The zero-order chi connectivity index (χ0) is 28.5. The fourth-order valence-electron chi connectivity index (χ4n) is 4.31. The molecule has 0 aliphatic carbocycles. The first-order valence-electron chi connectivity index (χ1n) is 15.7. The number of rotatable bonds is 28. The van der Waals surface area contributed by atoms with Crippen molar-refractivity contribution < 1.29 is 29.7 Å². The first-order chi connectivity index (χ1) is 18.4. The summed E-state index contributed by atoms with van der Waals surface area (Å²) in [5, 5.41) is 25.3. The summed E-state index contributed by atoms with van der Waals surface area (Å²) in [5.41, 5.74) is 0. The van der Waals surface area contributed by atoms with Gasteiger partial charge in [-0.1, -0.05) is 122 Å². The summed E-state index contributed by atoms with van der Waals surface area (Å²) in [7, 11) is 0. The fourth-order valence-corrected chi connectivity index (χ4v) is 4.31. The number of allylic oxidation sites excluding steroid dienone is 2. The van der Waals surface area contributed by atoms with Gasteiger partial charge in [0.25, 0.3) is 0 Å². The molecule has 0 amide bonds. The monoisotopic (exact) mass is 540 g/mol. The second-order valence-corrected chi connectivity index (χ2v) is 10.6. The van der Waals surface area contributed by atoms with Crippen LogP contribution in [0.3, 0.4) is 0 Å². The highest BCUT2D eigenvalue weighted by Gasteiger charge is 1.99. The van der Waals surface area contributed by atoms with Crippen LogP contribution < -0.4 is 0 Å². The lowest BCUT2D eigenvalue weighted by Crippen LogP contribution is -1.94. The molecule has 0 aromatic rings. The number of hydrogen-bond acceptors (Lipinski definition) is 3. The van der Waals surface area contributed by atoms with E-state index in [1.807, 2.05) is 0 Å². The highest BCUT2D eigenvalue weighted by molar-refractivity contribution is 5.67. The Morgan fingerprint density at radius 3 is 0.895 bits per heavy atom. The maximum atomic E-state index is 10.4. The molecule has 0 atom stereocenters. The van der Waals surface area contributed by atoms with Crippen LogP contribution in [0.25, 0.3) is 0 Å². The molecule has 0 rings (SSSR count). The van der Waals surface area contributed by atoms with Crippen molar-refractivity contribution in [1.29, 1.82) is 0 Å². The van der Waals surface area contributed by atoms with Gasteiger partial charge in [-0.25, -0.2) is 0 Å². The van der Waals surface area contributed by atoms with E-state index in [9.17, 15) is 14.4 Å². The molecule has 0 saturated carbocycles. The van der Waals surface area contributed by atoms with Crippen molar-refractivity contribution in [2.75, 3.05) is 0 Å². The number of carboxylic acids is 3. The second-order valence-electron chi connectivity index (χ2n) is 10.6. The fraction of sp³-hybridized carbons (Fsp3) is 0.844. The molecule has 0 aliphatic rings. The van der Waals surface area contributed by atoms with Crippen molar-refractivity contribution in [2.45, 2.75) is 174 Å². The Labute approximate surface area is 233 Å². The summed E-state index contributed by atoms with van der Waals surface area (Å²) in [4.78, 5) is 30.7. The third-order valence-corrected chi connectivity index (χ3v) is 6.68. The summed E-state index contributed by atoms with van der Waals surface area (Å²) in [5.74, 6) is -2.14. The van der Waals surface area contributed by atoms with Gasteiger partial charge < -0.3 is 15.3 Å². The summed E-state index contributed by atoms with van der Waals surface area (Å²) in [6, 6.07) is 0. The van der Waals surface area contributed by atoms with Gasteiger partial charge in [-0.3, -0.25) is 14.4 Å². The molecule has 0 aliphatic heterocycles. The number of hydrogen-bond donors (Lipinski definition) is 3. The molecule has 0 unspecified atom stereocenters. The SMILES string of the molecule is CCCCCCCC/C=C\CCCCCCCCCCCC(=O)O.O=C(O)CCCCCCCCC(=O)O. The van der Waals surface area contributed by atoms with Crippen LogP contribution in [0.2, 0.25) is 0 Å². The van der Waals surface area contributed by atoms with Crippen LogP contribution in [0, 0.1) is 0 Å². The van der Waals surface area contributed by atoms with E-state index in [0.717, 1.165) is 51.4 Å². The topological polar surface area (TPSA) is 112 Å². The van der Waals surface area contributed by atoms with Crippen molar-refractivity contribution in [1.82, 2.24) is 0 Å². The molecule has 38 heavy (non-hydrogen) atoms. The molecule has 3 N–H and O–H groups in total. The van der Waals surface area contributed by atoms with E-state index in [4.69, 9.17) is 15.3 Å². The van der Waals surface area contributed by atoms with Crippen LogP contribution in [0.15, 0.2) is 12.2 Å². The summed E-state index contributed by atoms with van der Waals surface area (Å²) < 4.78 is 0. The molecular formula is C32H60O6. The van der Waals surface area contributed by atoms with Crippen LogP contribution >= 0.6 is 0 Å². The molecule has 0 spiro atoms. The minimum Gasteiger partial charge on any atom is -0.481 e. The van der Waals surface area contributed by atoms with Gasteiger partial charge in [-0.2, -0.15) is 0 Å². The zero-order valence-electron chi connectivity index (χ0n) is 24.6. The van der Waals surface area contributed by atoms with E-state index >= 15 is 0 Å². The third-order valence-electron chi connectivity index (χ3n) is 6.68. The van der Waals surface area contributed by atoms with Crippen molar-refractivity contribution in [3.05, 3.63) is 12.2 Å². The van der Waals surface area contributed by atoms with E-state index < -0.39 is 17.9 Å². The van der Waals surface area contributed by atoms with Crippen LogP contribution in [-0.2, 0) is 14.4 Å². The molecule has 6 heteroatoms. The zero-order valence-corrected chi connectivity index (χ0v) is 24.6. The van der Waals surface area contributed by atoms with Gasteiger partial charge in [0.05, 0.1) is 0 Å². The predicted molar refractivity (Wildman–Crippen MR) is 158 cm³/mol. The molecule has 6 nitrogen and oxygen atoms in total. The largest absolute Gasteiger partial charge is 0.481 e. The molecule has 0 aromatic carbocycles. The maximum Gasteiger partial charge on any atom is 0.303 e. The van der Waals surface area contributed by atoms with Gasteiger partial charge >= 0.3 is 17.9 Å². The van der Waals surface area contributed by atoms with E-state index in [1.165, 1.54) is 96.3 Å². The van der Waals surface area contributed by atoms with Crippen LogP contribution in [-0.4, -0.2) is 33.2 Å². The Kier molecular flexibility index (Phi) is 33.4. The summed E-state index contributed by atoms with van der Waals surface area (Å²) in [6.07, 6.45) is 32.9. The summed E-state index contributed by atoms with van der Waals surface area (Å²) in [6.45, 7) is 2.27. The molecule has 224 valence electrons. The number of unbranched alkanes of at least 4 members (excludes halogenated alkanes) is 20. The van der Waals surface area contributed by atoms with E-state index in [0.29, 0.717) is 6.42 Å². The Morgan fingerprint density at radius 2 is 0.632 bits per heavy atom. The van der Waals surface area contributed by atoms with Gasteiger partial charge in [0.15, 0.2) is 0 Å². The Bertz CT molecular complexity index is 538. The number of aliphatic carboxylic acids is 3. The Hall–Kier alpha value is -1.85. The molecule has 0 heterocycles. The molecular weight excluding hydrogens is 480 g/mol. The average molecular weight is 541 g/mol. The predicted octanol–water partition coefficient (Wildman–Crippen LogP) is 9.95. The van der Waals surface area contributed by atoms with Gasteiger partial charge in [-0.15, -0.1) is 0 Å². The first-order valence-corrected chi connectivity index (χ1v) is 15.7. The third kappa shape index (κ3) is 41.3. The van der Waals surface area contributed by atoms with Crippen LogP contribution in [0.1, 0.15) is 174 Å². The van der Waals surface area contributed by atoms with Crippen molar-refractivity contribution in [3.8, 4) is 0 Å². The molecule has 0 aromatic heterocycles. The van der Waals surface area contributed by atoms with Crippen LogP contribution in [0.5, 0.6) is 0 Å². The van der Waals surface area contributed by atoms with Gasteiger partial charge in [0, 0.05) is 19.3 Å². The van der Waals surface area contributed by atoms with E-state index in [2.05, 4.69) is 19.1 Å². The Morgan fingerprint density at radius 1 is 0.395 bits per heavy atom. The number of carbonyl (C=O) groups is 3. The maximum absolute atomic E-state index is 10.4. The van der Waals surface area contributed by atoms with Gasteiger partial charge in [0.1, 0.15) is 0 Å². The minimum absolute atomic E-state index is 0.245. The van der Waals surface area contributed by atoms with E-state index in [1.54, 1.807) is 0 Å². The normalized spacial score (nSPS) is 10.9. The van der Waals surface area contributed by atoms with E-state index in [-0.39, 0.29) is 12.8 Å². The lowest BCUT2D eigenvalue weighted by Gasteiger charge is -2.01. The van der Waals surface area contributed by atoms with Gasteiger partial charge in [0.2, 0.25) is 0 Å². The van der Waals surface area contributed by atoms with Crippen molar-refractivity contribution in [2.24, 2.45) is 0 Å².